The Hall–Kier alpha value is -1.62. The summed E-state index contributed by atoms with van der Waals surface area (Å²) in [6.45, 7) is 4.28. The van der Waals surface area contributed by atoms with Crippen LogP contribution in [-0.2, 0) is 0 Å². The van der Waals surface area contributed by atoms with Crippen LogP contribution in [0.1, 0.15) is 17.4 Å². The third kappa shape index (κ3) is 4.82. The summed E-state index contributed by atoms with van der Waals surface area (Å²) in [6.07, 6.45) is 1.64. The van der Waals surface area contributed by atoms with Crippen molar-refractivity contribution in [3.63, 3.8) is 0 Å². The van der Waals surface area contributed by atoms with Gasteiger partial charge in [0.05, 0.1) is 0 Å². The van der Waals surface area contributed by atoms with Crippen molar-refractivity contribution in [2.75, 3.05) is 39.0 Å². The normalized spacial score (nSPS) is 10.4. The first-order valence-electron chi connectivity index (χ1n) is 5.76. The number of rotatable bonds is 6. The molecule has 0 atom stereocenters. The van der Waals surface area contributed by atoms with E-state index < -0.39 is 0 Å². The van der Waals surface area contributed by atoms with Gasteiger partial charge in [0.15, 0.2) is 0 Å². The monoisotopic (exact) mass is 236 g/mol. The van der Waals surface area contributed by atoms with Crippen molar-refractivity contribution in [3.05, 3.63) is 24.0 Å². The third-order valence-corrected chi connectivity index (χ3v) is 2.22. The molecule has 0 fully saturated rings. The minimum Gasteiger partial charge on any atom is -0.384 e. The lowest BCUT2D eigenvalue weighted by molar-refractivity contribution is 0.0951. The van der Waals surface area contributed by atoms with Crippen LogP contribution in [0.2, 0.25) is 0 Å². The SMILES string of the molecule is CCNC(=O)c1cc(NCCN(C)C)ccn1. The van der Waals surface area contributed by atoms with Gasteiger partial charge < -0.3 is 15.5 Å². The summed E-state index contributed by atoms with van der Waals surface area (Å²) in [5, 5.41) is 5.98. The highest BCUT2D eigenvalue weighted by Crippen LogP contribution is 2.07. The van der Waals surface area contributed by atoms with Crippen molar-refractivity contribution >= 4 is 11.6 Å². The van der Waals surface area contributed by atoms with E-state index in [1.165, 1.54) is 0 Å². The molecule has 0 radical (unpaired) electrons. The zero-order valence-corrected chi connectivity index (χ0v) is 10.7. The average Bonchev–Trinajstić information content (AvgIpc) is 2.29. The lowest BCUT2D eigenvalue weighted by atomic mass is 10.3. The zero-order chi connectivity index (χ0) is 12.7. The Morgan fingerprint density at radius 2 is 2.24 bits per heavy atom. The fourth-order valence-electron chi connectivity index (χ4n) is 1.34. The predicted molar refractivity (Wildman–Crippen MR) is 69.3 cm³/mol. The predicted octanol–water partition coefficient (Wildman–Crippen LogP) is 0.805. The fraction of sp³-hybridized carbons (Fsp3) is 0.500. The molecule has 1 aromatic rings. The molecule has 0 aliphatic heterocycles. The molecule has 5 nitrogen and oxygen atoms in total. The lowest BCUT2D eigenvalue weighted by Crippen LogP contribution is -2.24. The molecule has 5 heteroatoms. The number of likely N-dealkylation sites (N-methyl/N-ethyl adjacent to an activating group) is 1. The van der Waals surface area contributed by atoms with E-state index in [2.05, 4.69) is 20.5 Å². The van der Waals surface area contributed by atoms with E-state index in [1.807, 2.05) is 27.1 Å². The Balaban J connectivity index is 2.56. The number of pyridine rings is 1. The second-order valence-electron chi connectivity index (χ2n) is 4.02. The Kier molecular flexibility index (Phi) is 5.42. The minimum atomic E-state index is -0.135. The summed E-state index contributed by atoms with van der Waals surface area (Å²) in [5.74, 6) is -0.135. The van der Waals surface area contributed by atoms with Gasteiger partial charge in [0.1, 0.15) is 5.69 Å². The van der Waals surface area contributed by atoms with E-state index in [-0.39, 0.29) is 5.91 Å². The molecule has 1 amide bonds. The first-order valence-corrected chi connectivity index (χ1v) is 5.76. The van der Waals surface area contributed by atoms with Gasteiger partial charge in [-0.1, -0.05) is 0 Å². The summed E-state index contributed by atoms with van der Waals surface area (Å²) < 4.78 is 0. The molecule has 0 aliphatic carbocycles. The number of nitrogens with one attached hydrogen (secondary N) is 2. The molecule has 2 N–H and O–H groups in total. The molecule has 0 aromatic carbocycles. The van der Waals surface area contributed by atoms with Crippen LogP contribution in [0.5, 0.6) is 0 Å². The van der Waals surface area contributed by atoms with Crippen LogP contribution in [0.25, 0.3) is 0 Å². The number of carbonyl (C=O) groups excluding carboxylic acids is 1. The number of anilines is 1. The maximum Gasteiger partial charge on any atom is 0.269 e. The van der Waals surface area contributed by atoms with E-state index in [0.29, 0.717) is 12.2 Å². The molecule has 1 heterocycles. The summed E-state index contributed by atoms with van der Waals surface area (Å²) >= 11 is 0. The average molecular weight is 236 g/mol. The fourth-order valence-corrected chi connectivity index (χ4v) is 1.34. The molecular formula is C12H20N4O. The second-order valence-corrected chi connectivity index (χ2v) is 4.02. The molecular weight excluding hydrogens is 216 g/mol. The van der Waals surface area contributed by atoms with E-state index >= 15 is 0 Å². The van der Waals surface area contributed by atoms with Crippen LogP contribution in [0, 0.1) is 0 Å². The van der Waals surface area contributed by atoms with E-state index in [4.69, 9.17) is 0 Å². The van der Waals surface area contributed by atoms with Gasteiger partial charge in [0.2, 0.25) is 0 Å². The number of carbonyl (C=O) groups is 1. The quantitative estimate of drug-likeness (QED) is 0.767. The van der Waals surface area contributed by atoms with Gasteiger partial charge in [0.25, 0.3) is 5.91 Å². The van der Waals surface area contributed by atoms with Crippen molar-refractivity contribution in [1.82, 2.24) is 15.2 Å². The number of hydrogen-bond acceptors (Lipinski definition) is 4. The highest BCUT2D eigenvalue weighted by molar-refractivity contribution is 5.93. The van der Waals surface area contributed by atoms with E-state index in [9.17, 15) is 4.79 Å². The van der Waals surface area contributed by atoms with Crippen LogP contribution >= 0.6 is 0 Å². The van der Waals surface area contributed by atoms with E-state index in [0.717, 1.165) is 18.8 Å². The van der Waals surface area contributed by atoms with Gasteiger partial charge in [-0.05, 0) is 33.2 Å². The maximum atomic E-state index is 11.6. The number of nitrogens with zero attached hydrogens (tertiary/aromatic N) is 2. The molecule has 94 valence electrons. The first-order chi connectivity index (χ1) is 8.13. The molecule has 0 bridgehead atoms. The molecule has 0 saturated carbocycles. The molecule has 0 aliphatic rings. The molecule has 1 aromatic heterocycles. The summed E-state index contributed by atoms with van der Waals surface area (Å²) in [4.78, 5) is 17.7. The molecule has 0 unspecified atom stereocenters. The van der Waals surface area contributed by atoms with Crippen LogP contribution in [0.4, 0.5) is 5.69 Å². The van der Waals surface area contributed by atoms with Gasteiger partial charge in [-0.25, -0.2) is 0 Å². The van der Waals surface area contributed by atoms with E-state index in [1.54, 1.807) is 12.3 Å². The van der Waals surface area contributed by atoms with Crippen molar-refractivity contribution in [3.8, 4) is 0 Å². The Morgan fingerprint density at radius 3 is 2.88 bits per heavy atom. The lowest BCUT2D eigenvalue weighted by Gasteiger charge is -2.11. The Labute approximate surface area is 102 Å². The number of amides is 1. The van der Waals surface area contributed by atoms with Crippen molar-refractivity contribution in [2.45, 2.75) is 6.92 Å². The minimum absolute atomic E-state index is 0.135. The molecule has 0 saturated heterocycles. The zero-order valence-electron chi connectivity index (χ0n) is 10.7. The van der Waals surface area contributed by atoms with Crippen LogP contribution in [0.15, 0.2) is 18.3 Å². The van der Waals surface area contributed by atoms with Gasteiger partial charge in [-0.3, -0.25) is 9.78 Å². The third-order valence-electron chi connectivity index (χ3n) is 2.22. The Morgan fingerprint density at radius 1 is 1.47 bits per heavy atom. The first kappa shape index (κ1) is 13.4. The van der Waals surface area contributed by atoms with Crippen LogP contribution in [0.3, 0.4) is 0 Å². The molecule has 17 heavy (non-hydrogen) atoms. The maximum absolute atomic E-state index is 11.6. The van der Waals surface area contributed by atoms with Gasteiger partial charge >= 0.3 is 0 Å². The van der Waals surface area contributed by atoms with Crippen LogP contribution in [-0.4, -0.2) is 49.5 Å². The Bertz CT molecular complexity index is 365. The van der Waals surface area contributed by atoms with Gasteiger partial charge in [-0.2, -0.15) is 0 Å². The summed E-state index contributed by atoms with van der Waals surface area (Å²) in [7, 11) is 4.04. The smallest absolute Gasteiger partial charge is 0.269 e. The van der Waals surface area contributed by atoms with Crippen LogP contribution < -0.4 is 10.6 Å². The topological polar surface area (TPSA) is 57.3 Å². The highest BCUT2D eigenvalue weighted by Gasteiger charge is 2.05. The highest BCUT2D eigenvalue weighted by atomic mass is 16.1. The van der Waals surface area contributed by atoms with Crippen molar-refractivity contribution in [1.29, 1.82) is 0 Å². The molecule has 1 rings (SSSR count). The van der Waals surface area contributed by atoms with Crippen molar-refractivity contribution in [2.24, 2.45) is 0 Å². The number of aromatic nitrogens is 1. The molecule has 0 spiro atoms. The summed E-state index contributed by atoms with van der Waals surface area (Å²) in [6, 6.07) is 3.62. The summed E-state index contributed by atoms with van der Waals surface area (Å²) in [5.41, 5.74) is 1.37. The number of hydrogen-bond donors (Lipinski definition) is 2. The van der Waals surface area contributed by atoms with Crippen molar-refractivity contribution < 1.29 is 4.79 Å². The van der Waals surface area contributed by atoms with Gasteiger partial charge in [0, 0.05) is 31.5 Å². The standard InChI is InChI=1S/C12H20N4O/c1-4-13-12(17)11-9-10(5-6-15-11)14-7-8-16(2)3/h5-6,9H,4,7-8H2,1-3H3,(H,13,17)(H,14,15). The largest absolute Gasteiger partial charge is 0.384 e. The second kappa shape index (κ2) is 6.85. The van der Waals surface area contributed by atoms with Gasteiger partial charge in [-0.15, -0.1) is 0 Å².